The molecule has 0 bridgehead atoms. The first-order valence-corrected chi connectivity index (χ1v) is 10.3. The van der Waals surface area contributed by atoms with Crippen molar-refractivity contribution in [2.75, 3.05) is 19.5 Å². The summed E-state index contributed by atoms with van der Waals surface area (Å²) >= 11 is 1.40. The van der Waals surface area contributed by atoms with Crippen LogP contribution in [0.1, 0.15) is 24.5 Å². The first-order chi connectivity index (χ1) is 14.1. The van der Waals surface area contributed by atoms with Crippen molar-refractivity contribution in [3.8, 4) is 22.8 Å². The Bertz CT molecular complexity index is 994. The third-order valence-electron chi connectivity index (χ3n) is 4.37. The number of aromatic nitrogens is 1. The van der Waals surface area contributed by atoms with E-state index in [0.717, 1.165) is 29.7 Å². The zero-order chi connectivity index (χ0) is 20.6. The van der Waals surface area contributed by atoms with E-state index in [1.807, 2.05) is 23.6 Å². The molecule has 0 unspecified atom stereocenters. The van der Waals surface area contributed by atoms with Gasteiger partial charge in [-0.2, -0.15) is 0 Å². The van der Waals surface area contributed by atoms with Crippen LogP contribution in [0.15, 0.2) is 53.9 Å². The first-order valence-electron chi connectivity index (χ1n) is 9.39. The van der Waals surface area contributed by atoms with Crippen molar-refractivity contribution in [2.24, 2.45) is 0 Å². The van der Waals surface area contributed by atoms with Crippen LogP contribution in [0, 0.1) is 0 Å². The molecule has 0 saturated carbocycles. The van der Waals surface area contributed by atoms with Crippen LogP contribution in [0.5, 0.6) is 11.5 Å². The van der Waals surface area contributed by atoms with Gasteiger partial charge in [0.1, 0.15) is 0 Å². The van der Waals surface area contributed by atoms with Crippen LogP contribution >= 0.6 is 11.3 Å². The van der Waals surface area contributed by atoms with Gasteiger partial charge in [0, 0.05) is 22.6 Å². The summed E-state index contributed by atoms with van der Waals surface area (Å²) < 4.78 is 10.7. The fourth-order valence-electron chi connectivity index (χ4n) is 2.95. The summed E-state index contributed by atoms with van der Waals surface area (Å²) in [5, 5.41) is 5.31. The minimum atomic E-state index is -0.255. The Kier molecular flexibility index (Phi) is 7.03. The van der Waals surface area contributed by atoms with Crippen molar-refractivity contribution in [1.82, 2.24) is 4.98 Å². The number of methoxy groups -OCH3 is 2. The molecule has 3 aromatic rings. The number of rotatable bonds is 8. The molecule has 0 aliphatic rings. The lowest BCUT2D eigenvalue weighted by molar-refractivity contribution is -0.111. The highest BCUT2D eigenvalue weighted by Gasteiger charge is 2.09. The molecule has 1 aromatic heterocycles. The average Bonchev–Trinajstić information content (AvgIpc) is 3.21. The van der Waals surface area contributed by atoms with Gasteiger partial charge in [0.05, 0.1) is 19.9 Å². The molecule has 29 heavy (non-hydrogen) atoms. The molecule has 0 atom stereocenters. The number of hydrogen-bond donors (Lipinski definition) is 1. The third-order valence-corrected chi connectivity index (χ3v) is 5.13. The molecule has 0 aliphatic carbocycles. The van der Waals surface area contributed by atoms with E-state index in [1.54, 1.807) is 20.3 Å². The lowest BCUT2D eigenvalue weighted by Gasteiger charge is -2.09. The van der Waals surface area contributed by atoms with Crippen molar-refractivity contribution in [3.05, 3.63) is 65.0 Å². The van der Waals surface area contributed by atoms with E-state index in [9.17, 15) is 4.79 Å². The summed E-state index contributed by atoms with van der Waals surface area (Å²) in [5.74, 6) is 0.945. The maximum Gasteiger partial charge on any atom is 0.250 e. The minimum absolute atomic E-state index is 0.255. The molecule has 0 fully saturated rings. The first kappa shape index (κ1) is 20.6. The van der Waals surface area contributed by atoms with Crippen LogP contribution < -0.4 is 14.8 Å². The number of ether oxygens (including phenoxy) is 2. The fourth-order valence-corrected chi connectivity index (χ4v) is 3.67. The number of benzene rings is 2. The van der Waals surface area contributed by atoms with E-state index in [2.05, 4.69) is 41.5 Å². The third kappa shape index (κ3) is 5.23. The number of nitrogens with zero attached hydrogens (tertiary/aromatic N) is 1. The monoisotopic (exact) mass is 408 g/mol. The van der Waals surface area contributed by atoms with Gasteiger partial charge < -0.3 is 9.47 Å². The maximum absolute atomic E-state index is 12.3. The zero-order valence-electron chi connectivity index (χ0n) is 16.8. The number of thiazole rings is 1. The molecule has 0 spiro atoms. The van der Waals surface area contributed by atoms with E-state index >= 15 is 0 Å². The summed E-state index contributed by atoms with van der Waals surface area (Å²) in [6, 6.07) is 13.9. The fraction of sp³-hybridized carbons (Fsp3) is 0.217. The summed E-state index contributed by atoms with van der Waals surface area (Å²) in [4.78, 5) is 16.8. The molecule has 6 heteroatoms. The second kappa shape index (κ2) is 9.89. The molecule has 2 aromatic carbocycles. The molecule has 1 amide bonds. The van der Waals surface area contributed by atoms with Gasteiger partial charge in [-0.3, -0.25) is 10.1 Å². The van der Waals surface area contributed by atoms with Crippen LogP contribution in [-0.2, 0) is 11.2 Å². The lowest BCUT2D eigenvalue weighted by atomic mass is 10.1. The predicted molar refractivity (Wildman–Crippen MR) is 119 cm³/mol. The molecule has 0 aliphatic heterocycles. The number of amides is 1. The highest BCUT2D eigenvalue weighted by Crippen LogP contribution is 2.31. The van der Waals surface area contributed by atoms with Gasteiger partial charge >= 0.3 is 0 Å². The van der Waals surface area contributed by atoms with E-state index in [1.165, 1.54) is 23.0 Å². The molecule has 1 N–H and O–H groups in total. The maximum atomic E-state index is 12.3. The largest absolute Gasteiger partial charge is 0.493 e. The van der Waals surface area contributed by atoms with Crippen LogP contribution in [0.4, 0.5) is 5.13 Å². The van der Waals surface area contributed by atoms with Gasteiger partial charge in [-0.25, -0.2) is 4.98 Å². The molecule has 1 heterocycles. The number of carbonyl (C=O) groups is 1. The smallest absolute Gasteiger partial charge is 0.250 e. The van der Waals surface area contributed by atoms with Crippen molar-refractivity contribution in [3.63, 3.8) is 0 Å². The van der Waals surface area contributed by atoms with E-state index in [0.29, 0.717) is 16.6 Å². The normalized spacial score (nSPS) is 10.9. The van der Waals surface area contributed by atoms with Crippen molar-refractivity contribution < 1.29 is 14.3 Å². The quantitative estimate of drug-likeness (QED) is 0.505. The Morgan fingerprint density at radius 1 is 1.14 bits per heavy atom. The summed E-state index contributed by atoms with van der Waals surface area (Å²) in [7, 11) is 3.15. The van der Waals surface area contributed by atoms with Crippen LogP contribution in [0.2, 0.25) is 0 Å². The molecule has 0 radical (unpaired) electrons. The second-order valence-electron chi connectivity index (χ2n) is 6.39. The van der Waals surface area contributed by atoms with E-state index in [4.69, 9.17) is 9.47 Å². The van der Waals surface area contributed by atoms with Crippen molar-refractivity contribution >= 4 is 28.5 Å². The Morgan fingerprint density at radius 3 is 2.62 bits per heavy atom. The number of aryl methyl sites for hydroxylation is 1. The highest BCUT2D eigenvalue weighted by molar-refractivity contribution is 7.14. The Labute approximate surface area is 175 Å². The van der Waals surface area contributed by atoms with Gasteiger partial charge in [0.25, 0.3) is 0 Å². The zero-order valence-corrected chi connectivity index (χ0v) is 17.6. The number of nitrogens with one attached hydrogen (secondary N) is 1. The van der Waals surface area contributed by atoms with Crippen LogP contribution in [0.25, 0.3) is 17.3 Å². The van der Waals surface area contributed by atoms with Gasteiger partial charge in [0.2, 0.25) is 5.91 Å². The highest BCUT2D eigenvalue weighted by atomic mass is 32.1. The van der Waals surface area contributed by atoms with Gasteiger partial charge in [-0.15, -0.1) is 11.3 Å². The standard InChI is InChI=1S/C23H24N2O3S/c1-4-6-16-9-11-17(12-10-16)19-15-29-23(24-19)25-21(26)14-13-18-7-5-8-20(27-2)22(18)28-3/h5,7-15H,4,6H2,1-3H3,(H,24,25,26)/b14-13+. The van der Waals surface area contributed by atoms with E-state index < -0.39 is 0 Å². The van der Waals surface area contributed by atoms with E-state index in [-0.39, 0.29) is 5.91 Å². The Morgan fingerprint density at radius 2 is 1.93 bits per heavy atom. The molecule has 3 rings (SSSR count). The summed E-state index contributed by atoms with van der Waals surface area (Å²) in [6.45, 7) is 2.17. The number of para-hydroxylation sites is 1. The van der Waals surface area contributed by atoms with Gasteiger partial charge in [0.15, 0.2) is 16.6 Å². The molecular weight excluding hydrogens is 384 g/mol. The molecule has 0 saturated heterocycles. The van der Waals surface area contributed by atoms with Gasteiger partial charge in [-0.05, 0) is 24.1 Å². The van der Waals surface area contributed by atoms with Crippen molar-refractivity contribution in [1.29, 1.82) is 0 Å². The minimum Gasteiger partial charge on any atom is -0.493 e. The number of hydrogen-bond acceptors (Lipinski definition) is 5. The topological polar surface area (TPSA) is 60.5 Å². The summed E-state index contributed by atoms with van der Waals surface area (Å²) in [5.41, 5.74) is 3.97. The van der Waals surface area contributed by atoms with Crippen molar-refractivity contribution in [2.45, 2.75) is 19.8 Å². The Balaban J connectivity index is 1.67. The lowest BCUT2D eigenvalue weighted by Crippen LogP contribution is -2.07. The van der Waals surface area contributed by atoms with Gasteiger partial charge in [-0.1, -0.05) is 49.7 Å². The van der Waals surface area contributed by atoms with Crippen LogP contribution in [-0.4, -0.2) is 25.1 Å². The Hall–Kier alpha value is -3.12. The SMILES string of the molecule is CCCc1ccc(-c2csc(NC(=O)/C=C/c3cccc(OC)c3OC)n2)cc1. The number of anilines is 1. The molecule has 150 valence electrons. The average molecular weight is 409 g/mol. The predicted octanol–water partition coefficient (Wildman–Crippen LogP) is 5.43. The van der Waals surface area contributed by atoms with Crippen LogP contribution in [0.3, 0.4) is 0 Å². The second-order valence-corrected chi connectivity index (χ2v) is 7.25. The molecular formula is C23H24N2O3S. The summed E-state index contributed by atoms with van der Waals surface area (Å²) in [6.07, 6.45) is 5.35. The number of carbonyl (C=O) groups excluding carboxylic acids is 1. The molecule has 5 nitrogen and oxygen atoms in total.